The average molecular weight is 501 g/mol. The number of hydrogen-bond donors (Lipinski definition) is 1. The molecule has 1 aliphatic carbocycles. The molecule has 1 aromatic heterocycles. The lowest BCUT2D eigenvalue weighted by atomic mass is 9.77. The fraction of sp³-hybridized carbons (Fsp3) is 0.516. The van der Waals surface area contributed by atoms with Crippen molar-refractivity contribution in [2.45, 2.75) is 77.4 Å². The third kappa shape index (κ3) is 8.08. The number of benzene rings is 1. The second-order valence-electron chi connectivity index (χ2n) is 11.5. The van der Waals surface area contributed by atoms with E-state index in [1.54, 1.807) is 12.3 Å². The third-order valence-electron chi connectivity index (χ3n) is 7.36. The summed E-state index contributed by atoms with van der Waals surface area (Å²) in [7, 11) is 0. The normalized spacial score (nSPS) is 22.4. The molecule has 1 unspecified atom stereocenters. The summed E-state index contributed by atoms with van der Waals surface area (Å²) in [5.74, 6) is 1.83. The number of piperidine rings is 1. The van der Waals surface area contributed by atoms with Gasteiger partial charge in [0.2, 0.25) is 0 Å². The van der Waals surface area contributed by atoms with Gasteiger partial charge in [-0.1, -0.05) is 12.8 Å². The van der Waals surface area contributed by atoms with Gasteiger partial charge in [-0.25, -0.2) is 9.78 Å². The molecular formula is C31H40N4O2. The van der Waals surface area contributed by atoms with E-state index in [-0.39, 0.29) is 5.97 Å². The monoisotopic (exact) mass is 500 g/mol. The lowest BCUT2D eigenvalue weighted by molar-refractivity contribution is -0.148. The minimum Gasteiger partial charge on any atom is -0.457 e. The number of anilines is 2. The Morgan fingerprint density at radius 1 is 1.16 bits per heavy atom. The van der Waals surface area contributed by atoms with Crippen molar-refractivity contribution >= 4 is 23.6 Å². The smallest absolute Gasteiger partial charge is 0.331 e. The maximum atomic E-state index is 12.1. The molecule has 196 valence electrons. The largest absolute Gasteiger partial charge is 0.457 e. The van der Waals surface area contributed by atoms with Crippen molar-refractivity contribution in [1.82, 2.24) is 4.98 Å². The summed E-state index contributed by atoms with van der Waals surface area (Å²) in [6.45, 7) is 7.77. The van der Waals surface area contributed by atoms with E-state index in [9.17, 15) is 4.79 Å². The van der Waals surface area contributed by atoms with E-state index >= 15 is 0 Å². The Kier molecular flexibility index (Phi) is 8.87. The Morgan fingerprint density at radius 3 is 2.70 bits per heavy atom. The summed E-state index contributed by atoms with van der Waals surface area (Å²) in [5.41, 5.74) is 2.37. The van der Waals surface area contributed by atoms with E-state index in [0.29, 0.717) is 23.4 Å². The SMILES string of the molecule is CC(C)(C)OC(=O)/C=C\c1ccnc(N[C@@H]2CCCC[C@H]2CC2CCCN(c3ccc(C#N)cc3)C2)c1. The van der Waals surface area contributed by atoms with Crippen molar-refractivity contribution in [2.24, 2.45) is 11.8 Å². The Labute approximate surface area is 221 Å². The number of nitriles is 1. The highest BCUT2D eigenvalue weighted by molar-refractivity contribution is 5.87. The van der Waals surface area contributed by atoms with Crippen LogP contribution in [0.5, 0.6) is 0 Å². The van der Waals surface area contributed by atoms with Gasteiger partial charge >= 0.3 is 5.97 Å². The van der Waals surface area contributed by atoms with Crippen LogP contribution >= 0.6 is 0 Å². The van der Waals surface area contributed by atoms with Crippen molar-refractivity contribution in [1.29, 1.82) is 5.26 Å². The zero-order valence-corrected chi connectivity index (χ0v) is 22.5. The van der Waals surface area contributed by atoms with Gasteiger partial charge in [-0.05, 0) is 113 Å². The first-order valence-corrected chi connectivity index (χ1v) is 13.7. The number of pyridine rings is 1. The molecule has 2 heterocycles. The summed E-state index contributed by atoms with van der Waals surface area (Å²) < 4.78 is 5.37. The fourth-order valence-corrected chi connectivity index (χ4v) is 5.67. The number of carbonyl (C=O) groups is 1. The number of hydrogen-bond acceptors (Lipinski definition) is 6. The van der Waals surface area contributed by atoms with Crippen LogP contribution in [0.3, 0.4) is 0 Å². The van der Waals surface area contributed by atoms with Crippen molar-refractivity contribution in [3.05, 3.63) is 59.8 Å². The zero-order chi connectivity index (χ0) is 26.3. The molecule has 2 aliphatic rings. The first kappa shape index (κ1) is 26.7. The van der Waals surface area contributed by atoms with E-state index in [2.05, 4.69) is 33.4 Å². The summed E-state index contributed by atoms with van der Waals surface area (Å²) in [6, 6.07) is 14.6. The van der Waals surface area contributed by atoms with Gasteiger partial charge in [-0.3, -0.25) is 0 Å². The van der Waals surface area contributed by atoms with Gasteiger partial charge in [-0.2, -0.15) is 5.26 Å². The lowest BCUT2D eigenvalue weighted by Gasteiger charge is -2.39. The second kappa shape index (κ2) is 12.3. The van der Waals surface area contributed by atoms with Crippen molar-refractivity contribution < 1.29 is 9.53 Å². The minimum absolute atomic E-state index is 0.339. The quantitative estimate of drug-likeness (QED) is 0.341. The molecule has 0 spiro atoms. The predicted octanol–water partition coefficient (Wildman–Crippen LogP) is 6.59. The molecule has 1 N–H and O–H groups in total. The molecule has 0 amide bonds. The van der Waals surface area contributed by atoms with Gasteiger partial charge in [0.15, 0.2) is 0 Å². The van der Waals surface area contributed by atoms with Crippen molar-refractivity contribution in [3.63, 3.8) is 0 Å². The Morgan fingerprint density at radius 2 is 1.95 bits per heavy atom. The molecule has 6 nitrogen and oxygen atoms in total. The molecule has 2 fully saturated rings. The van der Waals surface area contributed by atoms with Crippen molar-refractivity contribution in [3.8, 4) is 6.07 Å². The molecule has 1 aromatic carbocycles. The second-order valence-corrected chi connectivity index (χ2v) is 11.5. The van der Waals surface area contributed by atoms with Crippen LogP contribution in [0.4, 0.5) is 11.5 Å². The van der Waals surface area contributed by atoms with E-state index in [4.69, 9.17) is 10.00 Å². The van der Waals surface area contributed by atoms with Crippen LogP contribution in [0.1, 0.15) is 76.8 Å². The van der Waals surface area contributed by atoms with Gasteiger partial charge in [0.05, 0.1) is 11.6 Å². The van der Waals surface area contributed by atoms with Gasteiger partial charge in [0.25, 0.3) is 0 Å². The maximum Gasteiger partial charge on any atom is 0.331 e. The zero-order valence-electron chi connectivity index (χ0n) is 22.5. The van der Waals surface area contributed by atoms with E-state index in [1.807, 2.05) is 45.0 Å². The van der Waals surface area contributed by atoms with Crippen LogP contribution in [0.15, 0.2) is 48.7 Å². The predicted molar refractivity (Wildman–Crippen MR) is 149 cm³/mol. The van der Waals surface area contributed by atoms with Crippen molar-refractivity contribution in [2.75, 3.05) is 23.3 Å². The first-order chi connectivity index (χ1) is 17.8. The van der Waals surface area contributed by atoms with Crippen LogP contribution < -0.4 is 10.2 Å². The first-order valence-electron chi connectivity index (χ1n) is 13.7. The van der Waals surface area contributed by atoms with Gasteiger partial charge in [0, 0.05) is 37.1 Å². The number of nitrogens with one attached hydrogen (secondary N) is 1. The van der Waals surface area contributed by atoms with Gasteiger partial charge < -0.3 is 15.0 Å². The summed E-state index contributed by atoms with van der Waals surface area (Å²) in [6.07, 6.45) is 13.7. The van der Waals surface area contributed by atoms with Gasteiger partial charge in [0.1, 0.15) is 11.4 Å². The van der Waals surface area contributed by atoms with Crippen LogP contribution in [0.2, 0.25) is 0 Å². The topological polar surface area (TPSA) is 78.2 Å². The fourth-order valence-electron chi connectivity index (χ4n) is 5.67. The van der Waals surface area contributed by atoms with E-state index in [0.717, 1.165) is 30.9 Å². The Bertz CT molecular complexity index is 1110. The van der Waals surface area contributed by atoms with Crippen LogP contribution in [-0.2, 0) is 9.53 Å². The number of aromatic nitrogens is 1. The molecule has 2 aromatic rings. The molecular weight excluding hydrogens is 460 g/mol. The summed E-state index contributed by atoms with van der Waals surface area (Å²) in [5, 5.41) is 12.8. The van der Waals surface area contributed by atoms with E-state index in [1.165, 1.54) is 50.3 Å². The highest BCUT2D eigenvalue weighted by Gasteiger charge is 2.30. The third-order valence-corrected chi connectivity index (χ3v) is 7.36. The molecule has 37 heavy (non-hydrogen) atoms. The van der Waals surface area contributed by atoms with Crippen LogP contribution in [-0.4, -0.2) is 35.7 Å². The lowest BCUT2D eigenvalue weighted by Crippen LogP contribution is -2.39. The molecule has 1 saturated carbocycles. The number of carbonyl (C=O) groups excluding carboxylic acids is 1. The summed E-state index contributed by atoms with van der Waals surface area (Å²) >= 11 is 0. The maximum absolute atomic E-state index is 12.1. The molecule has 0 bridgehead atoms. The Hall–Kier alpha value is -3.33. The Balaban J connectivity index is 1.36. The standard InChI is InChI=1S/C31H40N4O2/c1-31(2,3)37-30(36)15-12-23-16-17-33-29(20-23)34-28-9-5-4-8-26(28)19-25-7-6-18-35(22-25)27-13-10-24(21-32)11-14-27/h10-17,20,25-26,28H,4-9,18-19,22H2,1-3H3,(H,33,34)/b15-12-/t25?,26-,28+/m0/s1. The molecule has 1 saturated heterocycles. The van der Waals surface area contributed by atoms with Gasteiger partial charge in [-0.15, -0.1) is 0 Å². The minimum atomic E-state index is -0.500. The number of esters is 1. The average Bonchev–Trinajstić information content (AvgIpc) is 2.88. The highest BCUT2D eigenvalue weighted by Crippen LogP contribution is 2.35. The molecule has 4 rings (SSSR count). The van der Waals surface area contributed by atoms with E-state index < -0.39 is 5.60 Å². The molecule has 0 radical (unpaired) electrons. The number of rotatable bonds is 7. The number of nitrogens with zero attached hydrogens (tertiary/aromatic N) is 3. The van der Waals surface area contributed by atoms with Crippen LogP contribution in [0.25, 0.3) is 6.08 Å². The highest BCUT2D eigenvalue weighted by atomic mass is 16.6. The summed E-state index contributed by atoms with van der Waals surface area (Å²) in [4.78, 5) is 19.1. The molecule has 3 atom stereocenters. The number of ether oxygens (including phenoxy) is 1. The molecule has 6 heteroatoms. The van der Waals surface area contributed by atoms with Crippen LogP contribution in [0, 0.1) is 23.2 Å². The molecule has 1 aliphatic heterocycles.